The van der Waals surface area contributed by atoms with Crippen molar-refractivity contribution in [1.29, 1.82) is 0 Å². The number of benzene rings is 2. The molecule has 2 aromatic rings. The van der Waals surface area contributed by atoms with Crippen LogP contribution in [0, 0.1) is 19.3 Å². The largest absolute Gasteiger partial charge is 0.488 e. The van der Waals surface area contributed by atoms with Gasteiger partial charge in [0.05, 0.1) is 0 Å². The van der Waals surface area contributed by atoms with Gasteiger partial charge in [-0.25, -0.2) is 0 Å². The van der Waals surface area contributed by atoms with Crippen LogP contribution in [0.15, 0.2) is 30.3 Å². The molecule has 0 unspecified atom stereocenters. The van der Waals surface area contributed by atoms with E-state index in [1.807, 2.05) is 44.2 Å². The summed E-state index contributed by atoms with van der Waals surface area (Å²) >= 11 is 0. The Morgan fingerprint density at radius 2 is 2.10 bits per heavy atom. The Balaban J connectivity index is 2.16. The Morgan fingerprint density at radius 3 is 2.81 bits per heavy atom. The van der Waals surface area contributed by atoms with Crippen LogP contribution in [-0.4, -0.2) is 5.78 Å². The molecule has 0 spiro atoms. The molecule has 0 aromatic heterocycles. The average molecular weight is 276 g/mol. The summed E-state index contributed by atoms with van der Waals surface area (Å²) in [6.45, 7) is 4.33. The van der Waals surface area contributed by atoms with Crippen LogP contribution >= 0.6 is 0 Å². The van der Waals surface area contributed by atoms with Crippen LogP contribution in [0.1, 0.15) is 40.4 Å². The Labute approximate surface area is 124 Å². The Hall–Kier alpha value is -2.53. The third kappa shape index (κ3) is 2.21. The van der Waals surface area contributed by atoms with E-state index in [0.29, 0.717) is 13.0 Å². The number of hydrogen-bond donors (Lipinski definition) is 0. The van der Waals surface area contributed by atoms with Crippen LogP contribution in [-0.2, 0) is 6.61 Å². The van der Waals surface area contributed by atoms with E-state index in [9.17, 15) is 4.79 Å². The number of ketones is 1. The Bertz CT molecular complexity index is 779. The van der Waals surface area contributed by atoms with Crippen molar-refractivity contribution in [1.82, 2.24) is 0 Å². The number of ether oxygens (including phenoxy) is 1. The second-order valence-electron chi connectivity index (χ2n) is 5.24. The van der Waals surface area contributed by atoms with Crippen LogP contribution in [0.5, 0.6) is 5.75 Å². The molecule has 1 heterocycles. The first-order chi connectivity index (χ1) is 10.1. The van der Waals surface area contributed by atoms with E-state index in [2.05, 4.69) is 5.92 Å². The molecular formula is C19H16O2. The van der Waals surface area contributed by atoms with Gasteiger partial charge in [-0.2, -0.15) is 0 Å². The summed E-state index contributed by atoms with van der Waals surface area (Å²) in [6, 6.07) is 9.86. The maximum Gasteiger partial charge on any atom is 0.163 e. The van der Waals surface area contributed by atoms with E-state index in [-0.39, 0.29) is 5.78 Å². The maximum atomic E-state index is 12.0. The van der Waals surface area contributed by atoms with E-state index in [1.165, 1.54) is 0 Å². The molecule has 21 heavy (non-hydrogen) atoms. The molecule has 0 fully saturated rings. The van der Waals surface area contributed by atoms with Crippen molar-refractivity contribution in [3.63, 3.8) is 0 Å². The highest BCUT2D eigenvalue weighted by Gasteiger charge is 2.20. The molecule has 0 aliphatic carbocycles. The summed E-state index contributed by atoms with van der Waals surface area (Å²) < 4.78 is 5.82. The zero-order valence-corrected chi connectivity index (χ0v) is 12.2. The molecule has 1 aliphatic rings. The summed E-state index contributed by atoms with van der Waals surface area (Å²) in [5, 5.41) is 0. The van der Waals surface area contributed by atoms with Gasteiger partial charge in [-0.15, -0.1) is 6.42 Å². The molecule has 2 aromatic carbocycles. The molecule has 3 rings (SSSR count). The number of aryl methyl sites for hydroxylation is 1. The third-order valence-corrected chi connectivity index (χ3v) is 3.89. The second kappa shape index (κ2) is 5.10. The monoisotopic (exact) mass is 276 g/mol. The van der Waals surface area contributed by atoms with E-state index < -0.39 is 0 Å². The van der Waals surface area contributed by atoms with Gasteiger partial charge in [-0.1, -0.05) is 18.9 Å². The Kier molecular flexibility index (Phi) is 3.27. The van der Waals surface area contributed by atoms with E-state index >= 15 is 0 Å². The summed E-state index contributed by atoms with van der Waals surface area (Å²) in [4.78, 5) is 12.0. The van der Waals surface area contributed by atoms with Crippen molar-refractivity contribution in [3.8, 4) is 29.2 Å². The maximum absolute atomic E-state index is 12.0. The van der Waals surface area contributed by atoms with E-state index in [0.717, 1.165) is 39.1 Å². The highest BCUT2D eigenvalue weighted by atomic mass is 16.5. The first-order valence-corrected chi connectivity index (χ1v) is 7.04. The van der Waals surface area contributed by atoms with Crippen molar-refractivity contribution >= 4 is 5.78 Å². The minimum absolute atomic E-state index is 0.146. The van der Waals surface area contributed by atoms with Gasteiger partial charge in [0.1, 0.15) is 12.4 Å². The number of terminal acetylenes is 1. The number of carbonyl (C=O) groups is 1. The predicted octanol–water partition coefficient (Wildman–Crippen LogP) is 4.13. The lowest BCUT2D eigenvalue weighted by Crippen LogP contribution is -2.08. The molecule has 2 heteroatoms. The molecule has 104 valence electrons. The van der Waals surface area contributed by atoms with Gasteiger partial charge in [-0.05, 0) is 47.9 Å². The van der Waals surface area contributed by atoms with Crippen LogP contribution in [0.3, 0.4) is 0 Å². The number of carbonyl (C=O) groups excluding carboxylic acids is 1. The summed E-state index contributed by atoms with van der Waals surface area (Å²) in [6.07, 6.45) is 5.94. The van der Waals surface area contributed by atoms with E-state index in [1.54, 1.807) is 0 Å². The standard InChI is InChI=1S/C19H16O2/c1-4-13-6-7-15-14(9-13)11-21-19-10-16(18(20)5-2)12(3)8-17(15)19/h1,6-10H,5,11H2,2-3H3. The van der Waals surface area contributed by atoms with Gasteiger partial charge in [0.15, 0.2) is 5.78 Å². The summed E-state index contributed by atoms with van der Waals surface area (Å²) in [7, 11) is 0. The molecule has 0 amide bonds. The lowest BCUT2D eigenvalue weighted by Gasteiger charge is -2.22. The second-order valence-corrected chi connectivity index (χ2v) is 5.24. The van der Waals surface area contributed by atoms with Gasteiger partial charge in [0.2, 0.25) is 0 Å². The molecule has 0 radical (unpaired) electrons. The average Bonchev–Trinajstić information content (AvgIpc) is 2.52. The number of fused-ring (bicyclic) bond motifs is 3. The molecule has 0 saturated heterocycles. The van der Waals surface area contributed by atoms with E-state index in [4.69, 9.17) is 11.2 Å². The van der Waals surface area contributed by atoms with Gasteiger partial charge in [-0.3, -0.25) is 4.79 Å². The van der Waals surface area contributed by atoms with Crippen LogP contribution < -0.4 is 4.74 Å². The molecule has 1 aliphatic heterocycles. The third-order valence-electron chi connectivity index (χ3n) is 3.89. The normalized spacial score (nSPS) is 11.9. The van der Waals surface area contributed by atoms with Crippen molar-refractivity contribution in [3.05, 3.63) is 52.6 Å². The highest BCUT2D eigenvalue weighted by Crippen LogP contribution is 2.39. The summed E-state index contributed by atoms with van der Waals surface area (Å²) in [5.41, 5.74) is 5.85. The first kappa shape index (κ1) is 13.5. The first-order valence-electron chi connectivity index (χ1n) is 7.04. The highest BCUT2D eigenvalue weighted by molar-refractivity contribution is 5.98. The van der Waals surface area contributed by atoms with Crippen LogP contribution in [0.4, 0.5) is 0 Å². The fourth-order valence-corrected chi connectivity index (χ4v) is 2.73. The minimum Gasteiger partial charge on any atom is -0.488 e. The fourth-order valence-electron chi connectivity index (χ4n) is 2.73. The zero-order valence-electron chi connectivity index (χ0n) is 12.2. The van der Waals surface area contributed by atoms with Gasteiger partial charge in [0, 0.05) is 23.1 Å². The van der Waals surface area contributed by atoms with Gasteiger partial charge < -0.3 is 4.74 Å². The number of hydrogen-bond acceptors (Lipinski definition) is 2. The molecule has 2 nitrogen and oxygen atoms in total. The number of Topliss-reactive ketones (excluding diaryl/α,β-unsaturated/α-hetero) is 1. The van der Waals surface area contributed by atoms with Crippen LogP contribution in [0.2, 0.25) is 0 Å². The smallest absolute Gasteiger partial charge is 0.163 e. The topological polar surface area (TPSA) is 26.3 Å². The quantitative estimate of drug-likeness (QED) is 0.609. The molecule has 0 N–H and O–H groups in total. The molecular weight excluding hydrogens is 260 g/mol. The zero-order chi connectivity index (χ0) is 15.0. The van der Waals surface area contributed by atoms with Crippen molar-refractivity contribution < 1.29 is 9.53 Å². The predicted molar refractivity (Wildman–Crippen MR) is 83.5 cm³/mol. The summed E-state index contributed by atoms with van der Waals surface area (Å²) in [5.74, 6) is 3.57. The van der Waals surface area contributed by atoms with Crippen molar-refractivity contribution in [2.24, 2.45) is 0 Å². The van der Waals surface area contributed by atoms with Gasteiger partial charge in [0.25, 0.3) is 0 Å². The fraction of sp³-hybridized carbons (Fsp3) is 0.211. The van der Waals surface area contributed by atoms with Crippen molar-refractivity contribution in [2.75, 3.05) is 0 Å². The van der Waals surface area contributed by atoms with Gasteiger partial charge >= 0.3 is 0 Å². The number of rotatable bonds is 2. The minimum atomic E-state index is 0.146. The lowest BCUT2D eigenvalue weighted by molar-refractivity contribution is 0.0987. The SMILES string of the molecule is C#Cc1ccc2c(c1)COc1cc(C(=O)CC)c(C)cc1-2. The lowest BCUT2D eigenvalue weighted by atomic mass is 9.91. The molecule has 0 bridgehead atoms. The molecule has 0 saturated carbocycles. The molecule has 0 atom stereocenters. The van der Waals surface area contributed by atoms with Crippen molar-refractivity contribution in [2.45, 2.75) is 26.9 Å². The Morgan fingerprint density at radius 1 is 1.29 bits per heavy atom. The van der Waals surface area contributed by atoms with Crippen LogP contribution in [0.25, 0.3) is 11.1 Å².